The van der Waals surface area contributed by atoms with Crippen molar-refractivity contribution in [2.45, 2.75) is 19.9 Å². The summed E-state index contributed by atoms with van der Waals surface area (Å²) in [6.07, 6.45) is 1.09. The van der Waals surface area contributed by atoms with Crippen molar-refractivity contribution in [3.8, 4) is 5.82 Å². The van der Waals surface area contributed by atoms with E-state index in [1.165, 1.54) is 27.7 Å². The van der Waals surface area contributed by atoms with Gasteiger partial charge in [-0.15, -0.1) is 11.3 Å². The second kappa shape index (κ2) is 4.43. The van der Waals surface area contributed by atoms with E-state index in [1.807, 2.05) is 5.51 Å². The Bertz CT molecular complexity index is 771. The van der Waals surface area contributed by atoms with Gasteiger partial charge in [-0.2, -0.15) is 0 Å². The number of nitrogens with zero attached hydrogens (tertiary/aromatic N) is 3. The van der Waals surface area contributed by atoms with Crippen molar-refractivity contribution in [2.75, 3.05) is 13.6 Å². The van der Waals surface area contributed by atoms with Crippen LogP contribution in [-0.4, -0.2) is 28.0 Å². The van der Waals surface area contributed by atoms with Gasteiger partial charge in [0.1, 0.15) is 5.82 Å². The predicted molar refractivity (Wildman–Crippen MR) is 83.7 cm³/mol. The molecule has 3 nitrogen and oxygen atoms in total. The molecule has 1 aliphatic rings. The minimum absolute atomic E-state index is 1.03. The summed E-state index contributed by atoms with van der Waals surface area (Å²) < 4.78 is 2.35. The molecule has 1 aliphatic heterocycles. The lowest BCUT2D eigenvalue weighted by Gasteiger charge is -2.23. The van der Waals surface area contributed by atoms with Gasteiger partial charge in [-0.05, 0) is 31.7 Å². The molecular formula is C16H17N3S. The summed E-state index contributed by atoms with van der Waals surface area (Å²) in [5.41, 5.74) is 7.45. The first-order valence-corrected chi connectivity index (χ1v) is 7.88. The number of hydrogen-bond acceptors (Lipinski definition) is 3. The third-order valence-electron chi connectivity index (χ3n) is 4.14. The summed E-state index contributed by atoms with van der Waals surface area (Å²) in [5.74, 6) is 1.06. The van der Waals surface area contributed by atoms with Gasteiger partial charge in [0.2, 0.25) is 0 Å². The van der Waals surface area contributed by atoms with E-state index in [0.717, 1.165) is 25.3 Å². The molecule has 102 valence electrons. The van der Waals surface area contributed by atoms with E-state index in [2.05, 4.69) is 52.0 Å². The van der Waals surface area contributed by atoms with Crippen LogP contribution in [0.1, 0.15) is 16.8 Å². The molecule has 1 aromatic carbocycles. The fourth-order valence-electron chi connectivity index (χ4n) is 3.19. The summed E-state index contributed by atoms with van der Waals surface area (Å²) in [6, 6.07) is 6.75. The molecule has 4 heteroatoms. The minimum Gasteiger partial charge on any atom is -0.302 e. The Labute approximate surface area is 122 Å². The molecule has 2 aromatic heterocycles. The molecule has 0 amide bonds. The highest BCUT2D eigenvalue weighted by molar-refractivity contribution is 7.07. The molecule has 0 N–H and O–H groups in total. The van der Waals surface area contributed by atoms with Crippen LogP contribution >= 0.6 is 11.3 Å². The second-order valence-corrected chi connectivity index (χ2v) is 6.33. The number of thiazole rings is 1. The standard InChI is InChI=1S/C16H17N3S/c1-11-3-4-14-12(7-11)13-8-18(2)6-5-15(13)19(14)16-9-20-10-17-16/h3-4,7,9-10H,5-6,8H2,1-2H3. The molecule has 0 atom stereocenters. The van der Waals surface area contributed by atoms with Gasteiger partial charge in [0.25, 0.3) is 0 Å². The molecule has 0 saturated heterocycles. The van der Waals surface area contributed by atoms with Crippen LogP contribution < -0.4 is 0 Å². The van der Waals surface area contributed by atoms with Crippen LogP contribution in [0.25, 0.3) is 16.7 Å². The molecule has 20 heavy (non-hydrogen) atoms. The first-order valence-electron chi connectivity index (χ1n) is 6.94. The van der Waals surface area contributed by atoms with Crippen molar-refractivity contribution in [2.24, 2.45) is 0 Å². The molecule has 4 rings (SSSR count). The summed E-state index contributed by atoms with van der Waals surface area (Å²) in [6.45, 7) is 4.32. The Hall–Kier alpha value is -1.65. The Balaban J connectivity index is 2.08. The maximum absolute atomic E-state index is 4.53. The molecule has 0 spiro atoms. The van der Waals surface area contributed by atoms with Gasteiger partial charge in [0, 0.05) is 36.0 Å². The normalized spacial score (nSPS) is 15.7. The first kappa shape index (κ1) is 12.1. The lowest BCUT2D eigenvalue weighted by Crippen LogP contribution is -2.27. The average Bonchev–Trinajstić information content (AvgIpc) is 3.04. The zero-order chi connectivity index (χ0) is 13.7. The smallest absolute Gasteiger partial charge is 0.148 e. The number of fused-ring (bicyclic) bond motifs is 3. The maximum atomic E-state index is 4.53. The molecule has 0 radical (unpaired) electrons. The van der Waals surface area contributed by atoms with Crippen LogP contribution in [0, 0.1) is 6.92 Å². The molecular weight excluding hydrogens is 266 g/mol. The minimum atomic E-state index is 1.03. The van der Waals surface area contributed by atoms with Crippen LogP contribution in [0.15, 0.2) is 29.1 Å². The molecule has 0 fully saturated rings. The third kappa shape index (κ3) is 1.72. The fraction of sp³-hybridized carbons (Fsp3) is 0.312. The van der Waals surface area contributed by atoms with E-state index >= 15 is 0 Å². The number of benzene rings is 1. The lowest BCUT2D eigenvalue weighted by molar-refractivity contribution is 0.311. The topological polar surface area (TPSA) is 21.1 Å². The van der Waals surface area contributed by atoms with Crippen molar-refractivity contribution >= 4 is 22.2 Å². The number of hydrogen-bond donors (Lipinski definition) is 0. The maximum Gasteiger partial charge on any atom is 0.148 e. The van der Waals surface area contributed by atoms with Crippen molar-refractivity contribution in [1.82, 2.24) is 14.5 Å². The van der Waals surface area contributed by atoms with E-state index in [4.69, 9.17) is 0 Å². The molecule has 0 aliphatic carbocycles. The van der Waals surface area contributed by atoms with Gasteiger partial charge in [0.05, 0.1) is 11.0 Å². The third-order valence-corrected chi connectivity index (χ3v) is 4.72. The van der Waals surface area contributed by atoms with E-state index in [9.17, 15) is 0 Å². The Morgan fingerprint density at radius 1 is 1.30 bits per heavy atom. The van der Waals surface area contributed by atoms with Crippen LogP contribution in [0.5, 0.6) is 0 Å². The van der Waals surface area contributed by atoms with Crippen LogP contribution in [0.2, 0.25) is 0 Å². The molecule has 3 heterocycles. The fourth-order valence-corrected chi connectivity index (χ4v) is 3.70. The number of likely N-dealkylation sites (N-methyl/N-ethyl adjacent to an activating group) is 1. The molecule has 0 unspecified atom stereocenters. The quantitative estimate of drug-likeness (QED) is 0.682. The van der Waals surface area contributed by atoms with Crippen LogP contribution in [0.3, 0.4) is 0 Å². The summed E-state index contributed by atoms with van der Waals surface area (Å²) in [4.78, 5) is 6.92. The van der Waals surface area contributed by atoms with Crippen molar-refractivity contribution in [3.05, 3.63) is 45.9 Å². The second-order valence-electron chi connectivity index (χ2n) is 5.62. The van der Waals surface area contributed by atoms with Crippen LogP contribution in [0.4, 0.5) is 0 Å². The summed E-state index contributed by atoms with van der Waals surface area (Å²) in [5, 5.41) is 3.53. The van der Waals surface area contributed by atoms with Gasteiger partial charge < -0.3 is 4.90 Å². The van der Waals surface area contributed by atoms with Crippen molar-refractivity contribution in [1.29, 1.82) is 0 Å². The van der Waals surface area contributed by atoms with E-state index in [1.54, 1.807) is 11.3 Å². The molecule has 0 bridgehead atoms. The van der Waals surface area contributed by atoms with Gasteiger partial charge >= 0.3 is 0 Å². The monoisotopic (exact) mass is 283 g/mol. The SMILES string of the molecule is Cc1ccc2c(c1)c1c(n2-c2cscn2)CCN(C)C1. The highest BCUT2D eigenvalue weighted by atomic mass is 32.1. The Morgan fingerprint density at radius 2 is 2.20 bits per heavy atom. The van der Waals surface area contributed by atoms with Crippen molar-refractivity contribution < 1.29 is 0 Å². The van der Waals surface area contributed by atoms with E-state index in [0.29, 0.717) is 0 Å². The van der Waals surface area contributed by atoms with Gasteiger partial charge in [-0.1, -0.05) is 11.6 Å². The lowest BCUT2D eigenvalue weighted by atomic mass is 10.0. The van der Waals surface area contributed by atoms with Crippen molar-refractivity contribution in [3.63, 3.8) is 0 Å². The highest BCUT2D eigenvalue weighted by Gasteiger charge is 2.23. The zero-order valence-electron chi connectivity index (χ0n) is 11.8. The number of aromatic nitrogens is 2. The van der Waals surface area contributed by atoms with E-state index in [-0.39, 0.29) is 0 Å². The Morgan fingerprint density at radius 3 is 3.00 bits per heavy atom. The van der Waals surface area contributed by atoms with Gasteiger partial charge in [0.15, 0.2) is 0 Å². The Kier molecular flexibility index (Phi) is 2.69. The van der Waals surface area contributed by atoms with Gasteiger partial charge in [-0.25, -0.2) is 4.98 Å². The molecule has 3 aromatic rings. The average molecular weight is 283 g/mol. The molecule has 0 saturated carbocycles. The largest absolute Gasteiger partial charge is 0.302 e. The van der Waals surface area contributed by atoms with E-state index < -0.39 is 0 Å². The predicted octanol–water partition coefficient (Wildman–Crippen LogP) is 3.38. The highest BCUT2D eigenvalue weighted by Crippen LogP contribution is 2.33. The first-order chi connectivity index (χ1) is 9.74. The summed E-state index contributed by atoms with van der Waals surface area (Å²) >= 11 is 1.66. The number of aryl methyl sites for hydroxylation is 1. The zero-order valence-corrected chi connectivity index (χ0v) is 12.6. The van der Waals surface area contributed by atoms with Crippen LogP contribution in [-0.2, 0) is 13.0 Å². The summed E-state index contributed by atoms with van der Waals surface area (Å²) in [7, 11) is 2.20. The van der Waals surface area contributed by atoms with Gasteiger partial charge in [-0.3, -0.25) is 4.57 Å². The number of rotatable bonds is 1.